The van der Waals surface area contributed by atoms with Crippen LogP contribution < -0.4 is 5.32 Å². The molecular formula is C21H25FN2O2. The number of likely N-dealkylation sites (N-methyl/N-ethyl adjacent to an activating group) is 1. The molecule has 0 saturated carbocycles. The van der Waals surface area contributed by atoms with E-state index in [-0.39, 0.29) is 24.2 Å². The number of amides is 2. The molecule has 0 spiro atoms. The van der Waals surface area contributed by atoms with Crippen molar-refractivity contribution in [1.29, 1.82) is 0 Å². The molecule has 26 heavy (non-hydrogen) atoms. The quantitative estimate of drug-likeness (QED) is 0.789. The lowest BCUT2D eigenvalue weighted by atomic mass is 10.0. The van der Waals surface area contributed by atoms with Gasteiger partial charge in [-0.1, -0.05) is 49.4 Å². The first-order valence-electron chi connectivity index (χ1n) is 8.90. The Morgan fingerprint density at radius 2 is 1.65 bits per heavy atom. The fourth-order valence-corrected chi connectivity index (χ4v) is 2.84. The van der Waals surface area contributed by atoms with Crippen LogP contribution in [0.25, 0.3) is 0 Å². The van der Waals surface area contributed by atoms with Gasteiger partial charge in [0, 0.05) is 25.9 Å². The van der Waals surface area contributed by atoms with Gasteiger partial charge in [-0.15, -0.1) is 0 Å². The highest BCUT2D eigenvalue weighted by Crippen LogP contribution is 2.16. The number of nitrogens with zero attached hydrogens (tertiary/aromatic N) is 1. The van der Waals surface area contributed by atoms with Crippen molar-refractivity contribution in [2.24, 2.45) is 0 Å². The molecule has 0 bridgehead atoms. The minimum Gasteiger partial charge on any atom is -0.355 e. The first-order valence-corrected chi connectivity index (χ1v) is 8.90. The fraction of sp³-hybridized carbons (Fsp3) is 0.333. The van der Waals surface area contributed by atoms with Gasteiger partial charge in [-0.05, 0) is 30.2 Å². The van der Waals surface area contributed by atoms with Crippen molar-refractivity contribution in [2.45, 2.75) is 39.3 Å². The maximum atomic E-state index is 13.2. The topological polar surface area (TPSA) is 49.4 Å². The average Bonchev–Trinajstić information content (AvgIpc) is 2.66. The average molecular weight is 356 g/mol. The molecule has 0 aliphatic rings. The van der Waals surface area contributed by atoms with Gasteiger partial charge in [0.15, 0.2) is 0 Å². The third-order valence-corrected chi connectivity index (χ3v) is 4.19. The molecule has 2 aromatic rings. The lowest BCUT2D eigenvalue weighted by molar-refractivity contribution is -0.141. The van der Waals surface area contributed by atoms with E-state index in [1.165, 1.54) is 12.1 Å². The van der Waals surface area contributed by atoms with E-state index in [1.54, 1.807) is 24.0 Å². The van der Waals surface area contributed by atoms with Crippen LogP contribution in [0.3, 0.4) is 0 Å². The number of hydrogen-bond acceptors (Lipinski definition) is 2. The van der Waals surface area contributed by atoms with Crippen LogP contribution in [0.1, 0.15) is 31.4 Å². The van der Waals surface area contributed by atoms with Crippen LogP contribution in [0.15, 0.2) is 54.6 Å². The highest BCUT2D eigenvalue weighted by Gasteiger charge is 2.29. The molecule has 1 unspecified atom stereocenters. The zero-order valence-corrected chi connectivity index (χ0v) is 15.2. The van der Waals surface area contributed by atoms with Crippen molar-refractivity contribution in [3.63, 3.8) is 0 Å². The van der Waals surface area contributed by atoms with Crippen LogP contribution in [0, 0.1) is 5.82 Å². The summed E-state index contributed by atoms with van der Waals surface area (Å²) in [6.07, 6.45) is 0.728. The number of nitrogens with one attached hydrogen (secondary N) is 1. The van der Waals surface area contributed by atoms with E-state index >= 15 is 0 Å². The first kappa shape index (κ1) is 19.6. The van der Waals surface area contributed by atoms with Gasteiger partial charge in [-0.2, -0.15) is 0 Å². The van der Waals surface area contributed by atoms with Gasteiger partial charge in [0.25, 0.3) is 0 Å². The first-order chi connectivity index (χ1) is 12.5. The lowest BCUT2D eigenvalue weighted by Gasteiger charge is -2.31. The number of benzene rings is 2. The third-order valence-electron chi connectivity index (χ3n) is 4.19. The Bertz CT molecular complexity index is 717. The summed E-state index contributed by atoms with van der Waals surface area (Å²) in [7, 11) is 0. The highest BCUT2D eigenvalue weighted by molar-refractivity contribution is 5.87. The molecule has 0 aliphatic heterocycles. The monoisotopic (exact) mass is 356 g/mol. The molecule has 5 heteroatoms. The molecule has 0 heterocycles. The van der Waals surface area contributed by atoms with Gasteiger partial charge in [-0.25, -0.2) is 4.39 Å². The van der Waals surface area contributed by atoms with Crippen molar-refractivity contribution in [3.05, 3.63) is 71.5 Å². The van der Waals surface area contributed by atoms with E-state index in [4.69, 9.17) is 0 Å². The van der Waals surface area contributed by atoms with Crippen molar-refractivity contribution in [1.82, 2.24) is 10.2 Å². The van der Waals surface area contributed by atoms with Crippen LogP contribution in [0.5, 0.6) is 0 Å². The maximum absolute atomic E-state index is 13.2. The molecule has 1 N–H and O–H groups in total. The predicted octanol–water partition coefficient (Wildman–Crippen LogP) is 3.31. The molecule has 0 aliphatic carbocycles. The second-order valence-electron chi connectivity index (χ2n) is 6.10. The fourth-order valence-electron chi connectivity index (χ4n) is 2.84. The summed E-state index contributed by atoms with van der Waals surface area (Å²) in [5.41, 5.74) is 1.77. The molecule has 4 nitrogen and oxygen atoms in total. The molecule has 2 rings (SSSR count). The highest BCUT2D eigenvalue weighted by atomic mass is 19.1. The van der Waals surface area contributed by atoms with Crippen molar-refractivity contribution in [3.8, 4) is 0 Å². The van der Waals surface area contributed by atoms with Crippen LogP contribution in [0.2, 0.25) is 0 Å². The lowest BCUT2D eigenvalue weighted by Crippen LogP contribution is -2.50. The van der Waals surface area contributed by atoms with Gasteiger partial charge in [0.1, 0.15) is 11.9 Å². The Labute approximate surface area is 154 Å². The third kappa shape index (κ3) is 5.41. The molecule has 0 aromatic heterocycles. The molecule has 2 amide bonds. The van der Waals surface area contributed by atoms with E-state index in [1.807, 2.05) is 37.3 Å². The molecule has 138 valence electrons. The smallest absolute Gasteiger partial charge is 0.243 e. The second kappa shape index (κ2) is 9.70. The van der Waals surface area contributed by atoms with Gasteiger partial charge in [0.05, 0.1) is 0 Å². The zero-order chi connectivity index (χ0) is 18.9. The van der Waals surface area contributed by atoms with E-state index < -0.39 is 6.04 Å². The molecule has 0 fully saturated rings. The van der Waals surface area contributed by atoms with E-state index in [2.05, 4.69) is 5.32 Å². The standard InChI is InChI=1S/C21H25FN2O2/c1-3-20(25)24(15-17-10-12-18(22)13-11-17)19(21(26)23-4-2)14-16-8-6-5-7-9-16/h5-13,19H,3-4,14-15H2,1-2H3,(H,23,26). The summed E-state index contributed by atoms with van der Waals surface area (Å²) in [5.74, 6) is -0.617. The Kier molecular flexibility index (Phi) is 7.33. The van der Waals surface area contributed by atoms with Crippen LogP contribution in [-0.4, -0.2) is 29.3 Å². The molecule has 1 atom stereocenters. The predicted molar refractivity (Wildman–Crippen MR) is 99.9 cm³/mol. The van der Waals surface area contributed by atoms with E-state index in [0.29, 0.717) is 19.4 Å². The van der Waals surface area contributed by atoms with Gasteiger partial charge < -0.3 is 10.2 Å². The van der Waals surface area contributed by atoms with Crippen LogP contribution in [-0.2, 0) is 22.6 Å². The molecule has 2 aromatic carbocycles. The Balaban J connectivity index is 2.31. The second-order valence-corrected chi connectivity index (χ2v) is 6.10. The minimum atomic E-state index is -0.616. The summed E-state index contributed by atoms with van der Waals surface area (Å²) in [6.45, 7) is 4.39. The van der Waals surface area contributed by atoms with Gasteiger partial charge >= 0.3 is 0 Å². The summed E-state index contributed by atoms with van der Waals surface area (Å²) in [4.78, 5) is 26.9. The number of carbonyl (C=O) groups is 2. The van der Waals surface area contributed by atoms with Crippen molar-refractivity contribution >= 4 is 11.8 Å². The van der Waals surface area contributed by atoms with Crippen molar-refractivity contribution < 1.29 is 14.0 Å². The SMILES string of the molecule is CCNC(=O)C(Cc1ccccc1)N(Cc1ccc(F)cc1)C(=O)CC. The molecular weight excluding hydrogens is 331 g/mol. The normalized spacial score (nSPS) is 11.7. The summed E-state index contributed by atoms with van der Waals surface area (Å²) in [5, 5.41) is 2.83. The summed E-state index contributed by atoms with van der Waals surface area (Å²) < 4.78 is 13.2. The Hall–Kier alpha value is -2.69. The summed E-state index contributed by atoms with van der Waals surface area (Å²) in [6, 6.07) is 15.0. The largest absolute Gasteiger partial charge is 0.355 e. The van der Waals surface area contributed by atoms with Crippen LogP contribution in [0.4, 0.5) is 4.39 Å². The molecule has 0 radical (unpaired) electrons. The van der Waals surface area contributed by atoms with Gasteiger partial charge in [-0.3, -0.25) is 9.59 Å². The Morgan fingerprint density at radius 3 is 2.23 bits per heavy atom. The summed E-state index contributed by atoms with van der Waals surface area (Å²) >= 11 is 0. The minimum absolute atomic E-state index is 0.110. The number of carbonyl (C=O) groups excluding carboxylic acids is 2. The Morgan fingerprint density at radius 1 is 1.00 bits per heavy atom. The molecule has 0 saturated heterocycles. The van der Waals surface area contributed by atoms with E-state index in [0.717, 1.165) is 11.1 Å². The zero-order valence-electron chi connectivity index (χ0n) is 15.2. The van der Waals surface area contributed by atoms with Crippen LogP contribution >= 0.6 is 0 Å². The van der Waals surface area contributed by atoms with E-state index in [9.17, 15) is 14.0 Å². The maximum Gasteiger partial charge on any atom is 0.243 e. The number of hydrogen-bond donors (Lipinski definition) is 1. The van der Waals surface area contributed by atoms with Gasteiger partial charge in [0.2, 0.25) is 11.8 Å². The number of halogens is 1. The van der Waals surface area contributed by atoms with Crippen molar-refractivity contribution in [2.75, 3.05) is 6.54 Å². The number of rotatable bonds is 8.